The van der Waals surface area contributed by atoms with Crippen LogP contribution in [0, 0.1) is 0 Å². The van der Waals surface area contributed by atoms with Crippen molar-refractivity contribution in [3.8, 4) is 0 Å². The molecule has 1 atom stereocenters. The predicted octanol–water partition coefficient (Wildman–Crippen LogP) is 1.72. The minimum atomic E-state index is 0.450. The summed E-state index contributed by atoms with van der Waals surface area (Å²) in [4.78, 5) is 11.2. The lowest BCUT2D eigenvalue weighted by Crippen LogP contribution is -2.35. The van der Waals surface area contributed by atoms with E-state index in [-0.39, 0.29) is 0 Å². The quantitative estimate of drug-likeness (QED) is 0.785. The molecule has 1 aliphatic heterocycles. The van der Waals surface area contributed by atoms with Crippen molar-refractivity contribution in [3.63, 3.8) is 0 Å². The maximum absolute atomic E-state index is 4.53. The van der Waals surface area contributed by atoms with Crippen LogP contribution < -0.4 is 4.90 Å². The van der Waals surface area contributed by atoms with Gasteiger partial charge in [-0.2, -0.15) is 0 Å². The van der Waals surface area contributed by atoms with Crippen LogP contribution in [0.1, 0.15) is 36.0 Å². The lowest BCUT2D eigenvalue weighted by atomic mass is 9.97. The molecule has 26 heavy (non-hydrogen) atoms. The zero-order valence-electron chi connectivity index (χ0n) is 16.7. The second-order valence-electron chi connectivity index (χ2n) is 7.76. The molecule has 1 aliphatic rings. The molecule has 0 unspecified atom stereocenters. The number of likely N-dealkylation sites (tertiary alicyclic amines) is 1. The average molecular weight is 358 g/mol. The van der Waals surface area contributed by atoms with Crippen LogP contribution in [0.4, 0.5) is 5.82 Å². The number of nitrogens with zero attached hydrogens (tertiary/aromatic N) is 7. The van der Waals surface area contributed by atoms with E-state index in [4.69, 9.17) is 0 Å². The number of hydrogen-bond donors (Lipinski definition) is 0. The van der Waals surface area contributed by atoms with E-state index < -0.39 is 0 Å². The molecule has 142 valence electrons. The third kappa shape index (κ3) is 4.40. The summed E-state index contributed by atoms with van der Waals surface area (Å²) in [5, 5.41) is 8.91. The van der Waals surface area contributed by atoms with Crippen LogP contribution in [0.25, 0.3) is 0 Å². The Labute approximate surface area is 156 Å². The van der Waals surface area contributed by atoms with E-state index in [9.17, 15) is 0 Å². The van der Waals surface area contributed by atoms with Crippen LogP contribution in [0.5, 0.6) is 0 Å². The lowest BCUT2D eigenvalue weighted by molar-refractivity contribution is 0.194. The van der Waals surface area contributed by atoms with Crippen LogP contribution in [-0.4, -0.2) is 70.8 Å². The third-order valence-electron chi connectivity index (χ3n) is 5.00. The molecular formula is C19H31N7. The molecule has 0 aliphatic carbocycles. The van der Waals surface area contributed by atoms with Crippen LogP contribution in [0.15, 0.2) is 18.3 Å². The Morgan fingerprint density at radius 1 is 1.15 bits per heavy atom. The monoisotopic (exact) mass is 357 g/mol. The van der Waals surface area contributed by atoms with E-state index in [1.807, 2.05) is 25.2 Å². The number of pyridine rings is 1. The van der Waals surface area contributed by atoms with Gasteiger partial charge in [0.2, 0.25) is 0 Å². The summed E-state index contributed by atoms with van der Waals surface area (Å²) in [7, 11) is 10.3. The predicted molar refractivity (Wildman–Crippen MR) is 104 cm³/mol. The van der Waals surface area contributed by atoms with Gasteiger partial charge in [0.25, 0.3) is 0 Å². The Bertz CT molecular complexity index is 705. The fourth-order valence-corrected chi connectivity index (χ4v) is 3.59. The molecule has 0 bridgehead atoms. The first-order valence-electron chi connectivity index (χ1n) is 9.31. The smallest absolute Gasteiger partial charge is 0.146 e. The first-order chi connectivity index (χ1) is 12.4. The molecule has 3 rings (SSSR count). The van der Waals surface area contributed by atoms with E-state index in [0.717, 1.165) is 43.6 Å². The van der Waals surface area contributed by atoms with Crippen molar-refractivity contribution >= 4 is 5.82 Å². The minimum Gasteiger partial charge on any atom is -0.363 e. The fourth-order valence-electron chi connectivity index (χ4n) is 3.59. The Morgan fingerprint density at radius 2 is 1.96 bits per heavy atom. The standard InChI is InChI=1S/C19H31N7/c1-23(2)14-18-21-22-19(25(18)5)16-7-6-10-26(13-16)12-15-8-9-17(20-11-15)24(3)4/h8-9,11,16H,6-7,10,12-14H2,1-5H3/t16-/m1/s1. The van der Waals surface area contributed by atoms with E-state index in [1.54, 1.807) is 0 Å². The summed E-state index contributed by atoms with van der Waals surface area (Å²) in [5.74, 6) is 3.60. The molecule has 2 aromatic heterocycles. The Morgan fingerprint density at radius 3 is 2.62 bits per heavy atom. The summed E-state index contributed by atoms with van der Waals surface area (Å²) in [5.41, 5.74) is 1.27. The molecule has 3 heterocycles. The van der Waals surface area contributed by atoms with Crippen molar-refractivity contribution in [2.45, 2.75) is 31.8 Å². The van der Waals surface area contributed by atoms with Gasteiger partial charge in [0.1, 0.15) is 17.5 Å². The highest BCUT2D eigenvalue weighted by Crippen LogP contribution is 2.27. The van der Waals surface area contributed by atoms with Crippen molar-refractivity contribution in [2.75, 3.05) is 46.2 Å². The molecule has 0 saturated carbocycles. The van der Waals surface area contributed by atoms with Crippen molar-refractivity contribution in [3.05, 3.63) is 35.5 Å². The summed E-state index contributed by atoms with van der Waals surface area (Å²) in [6, 6.07) is 4.27. The maximum atomic E-state index is 4.53. The Balaban J connectivity index is 1.65. The van der Waals surface area contributed by atoms with Crippen molar-refractivity contribution < 1.29 is 0 Å². The van der Waals surface area contributed by atoms with Gasteiger partial charge >= 0.3 is 0 Å². The summed E-state index contributed by atoms with van der Waals surface area (Å²) < 4.78 is 2.18. The molecule has 0 spiro atoms. The van der Waals surface area contributed by atoms with Crippen molar-refractivity contribution in [1.82, 2.24) is 29.5 Å². The van der Waals surface area contributed by atoms with Gasteiger partial charge < -0.3 is 14.4 Å². The molecule has 0 N–H and O–H groups in total. The van der Waals surface area contributed by atoms with Gasteiger partial charge in [0.05, 0.1) is 6.54 Å². The van der Waals surface area contributed by atoms with Crippen LogP contribution in [-0.2, 0) is 20.1 Å². The number of piperidine rings is 1. The highest BCUT2D eigenvalue weighted by molar-refractivity contribution is 5.37. The summed E-state index contributed by atoms with van der Waals surface area (Å²) >= 11 is 0. The molecule has 0 radical (unpaired) electrons. The zero-order valence-corrected chi connectivity index (χ0v) is 16.7. The first kappa shape index (κ1) is 18.8. The molecule has 0 amide bonds. The second kappa shape index (κ2) is 8.14. The van der Waals surface area contributed by atoms with E-state index >= 15 is 0 Å². The van der Waals surface area contributed by atoms with E-state index in [2.05, 4.69) is 62.8 Å². The highest BCUT2D eigenvalue weighted by Gasteiger charge is 2.26. The maximum Gasteiger partial charge on any atom is 0.146 e. The van der Waals surface area contributed by atoms with Gasteiger partial charge in [-0.1, -0.05) is 6.07 Å². The fraction of sp³-hybridized carbons (Fsp3) is 0.632. The number of aromatic nitrogens is 4. The minimum absolute atomic E-state index is 0.450. The average Bonchev–Trinajstić information content (AvgIpc) is 2.96. The van der Waals surface area contributed by atoms with Crippen molar-refractivity contribution in [2.24, 2.45) is 7.05 Å². The molecule has 2 aromatic rings. The molecule has 0 aromatic carbocycles. The number of rotatable bonds is 6. The highest BCUT2D eigenvalue weighted by atomic mass is 15.3. The normalized spacial score (nSPS) is 18.5. The van der Waals surface area contributed by atoms with Crippen molar-refractivity contribution in [1.29, 1.82) is 0 Å². The third-order valence-corrected chi connectivity index (χ3v) is 5.00. The Kier molecular flexibility index (Phi) is 5.88. The molecule has 1 saturated heterocycles. The summed E-state index contributed by atoms with van der Waals surface area (Å²) in [6.45, 7) is 3.93. The Hall–Kier alpha value is -1.99. The zero-order chi connectivity index (χ0) is 18.7. The van der Waals surface area contributed by atoms with E-state index in [1.165, 1.54) is 18.4 Å². The van der Waals surface area contributed by atoms with Gasteiger partial charge in [-0.05, 0) is 45.1 Å². The second-order valence-corrected chi connectivity index (χ2v) is 7.76. The first-order valence-corrected chi connectivity index (χ1v) is 9.31. The largest absolute Gasteiger partial charge is 0.363 e. The lowest BCUT2D eigenvalue weighted by Gasteiger charge is -2.32. The van der Waals surface area contributed by atoms with Gasteiger partial charge in [-0.3, -0.25) is 4.90 Å². The van der Waals surface area contributed by atoms with Gasteiger partial charge in [-0.15, -0.1) is 10.2 Å². The van der Waals surface area contributed by atoms with Crippen LogP contribution >= 0.6 is 0 Å². The van der Waals surface area contributed by atoms with Gasteiger partial charge in [-0.25, -0.2) is 4.98 Å². The molecule has 7 nitrogen and oxygen atoms in total. The van der Waals surface area contributed by atoms with Gasteiger partial charge in [0, 0.05) is 46.3 Å². The molecule has 7 heteroatoms. The topological polar surface area (TPSA) is 53.3 Å². The SMILES string of the molecule is CN(C)Cc1nnc([C@@H]2CCCN(Cc3ccc(N(C)C)nc3)C2)n1C. The van der Waals surface area contributed by atoms with Gasteiger partial charge in [0.15, 0.2) is 0 Å². The molecule has 1 fully saturated rings. The molecular weight excluding hydrogens is 326 g/mol. The number of anilines is 1. The van der Waals surface area contributed by atoms with E-state index in [0.29, 0.717) is 5.92 Å². The van der Waals surface area contributed by atoms with Crippen LogP contribution in [0.2, 0.25) is 0 Å². The number of hydrogen-bond acceptors (Lipinski definition) is 6. The van der Waals surface area contributed by atoms with Crippen LogP contribution in [0.3, 0.4) is 0 Å². The summed E-state index contributed by atoms with van der Waals surface area (Å²) in [6.07, 6.45) is 4.38.